The highest BCUT2D eigenvalue weighted by molar-refractivity contribution is 6.30. The monoisotopic (exact) mass is 628 g/mol. The van der Waals surface area contributed by atoms with Gasteiger partial charge < -0.3 is 19.3 Å². The van der Waals surface area contributed by atoms with Crippen LogP contribution in [0.3, 0.4) is 0 Å². The lowest BCUT2D eigenvalue weighted by Gasteiger charge is -2.48. The van der Waals surface area contributed by atoms with E-state index in [4.69, 9.17) is 37.4 Å². The molecule has 3 heterocycles. The molecule has 0 radical (unpaired) electrons. The van der Waals surface area contributed by atoms with Crippen LogP contribution in [0, 0.1) is 17.7 Å². The van der Waals surface area contributed by atoms with E-state index in [9.17, 15) is 14.7 Å². The minimum Gasteiger partial charge on any atom is -0.481 e. The number of carboxylic acid groups (broad SMARTS) is 1. The summed E-state index contributed by atoms with van der Waals surface area (Å²) in [6.07, 6.45) is 1.53. The zero-order valence-corrected chi connectivity index (χ0v) is 25.6. The van der Waals surface area contributed by atoms with E-state index in [2.05, 4.69) is 0 Å². The number of hydrogen-bond acceptors (Lipinski definition) is 5. The van der Waals surface area contributed by atoms with Gasteiger partial charge in [0, 0.05) is 41.5 Å². The molecule has 43 heavy (non-hydrogen) atoms. The normalized spacial score (nSPS) is 28.4. The zero-order valence-electron chi connectivity index (χ0n) is 24.1. The van der Waals surface area contributed by atoms with Crippen molar-refractivity contribution in [2.45, 2.75) is 37.1 Å². The summed E-state index contributed by atoms with van der Waals surface area (Å²) in [6, 6.07) is 15.5. The third-order valence-corrected chi connectivity index (χ3v) is 10.2. The van der Waals surface area contributed by atoms with E-state index in [1.165, 1.54) is 13.2 Å². The van der Waals surface area contributed by atoms with E-state index in [-0.39, 0.29) is 17.0 Å². The number of rotatable bonds is 8. The van der Waals surface area contributed by atoms with Gasteiger partial charge in [0.1, 0.15) is 23.4 Å². The summed E-state index contributed by atoms with van der Waals surface area (Å²) in [5.41, 5.74) is -0.689. The van der Waals surface area contributed by atoms with Crippen LogP contribution < -0.4 is 0 Å². The first-order chi connectivity index (χ1) is 20.5. The zero-order chi connectivity index (χ0) is 30.7. The molecule has 7 nitrogen and oxygen atoms in total. The average molecular weight is 630 g/mol. The molecule has 3 aliphatic rings. The Morgan fingerprint density at radius 1 is 1.05 bits per heavy atom. The SMILES string of the molecule is COC1(c2ccc(Cl)cc2)c2c(F)cc(C3(C4CCOCC4)CO3)cc2C(=O)[N@+]1(C)[C@H](c1ccc(Cl)cc1)[C@H](C)C(=O)O. The second-order valence-electron chi connectivity index (χ2n) is 11.8. The number of ether oxygens (including phenoxy) is 3. The Bertz CT molecular complexity index is 1570. The number of carboxylic acids is 1. The van der Waals surface area contributed by atoms with Crippen molar-refractivity contribution in [1.29, 1.82) is 0 Å². The number of benzene rings is 3. The molecule has 3 aromatic carbocycles. The number of epoxide rings is 1. The summed E-state index contributed by atoms with van der Waals surface area (Å²) < 4.78 is 34.1. The van der Waals surface area contributed by atoms with Crippen LogP contribution >= 0.6 is 23.2 Å². The standard InChI is InChI=1S/C33H32Cl2FNO6/c1-19(31(39)40)29(20-4-8-24(34)9-5-20)37(2)30(38)26-16-23(32(18-43-32)21-12-14-42-15-13-21)17-27(36)28(26)33(37,41-3)22-6-10-25(35)11-7-22/h4-11,16-17,19,21,29H,12-15,18H2,1-3H3/p+1/t19-,29-,32?,33?,37-/m0/s1. The number of methoxy groups -OCH3 is 1. The molecule has 3 aliphatic heterocycles. The van der Waals surface area contributed by atoms with Crippen LogP contribution in [0.1, 0.15) is 58.4 Å². The highest BCUT2D eigenvalue weighted by Gasteiger charge is 2.70. The van der Waals surface area contributed by atoms with E-state index in [0.29, 0.717) is 46.6 Å². The molecule has 2 fully saturated rings. The number of nitrogens with zero attached hydrogens (tertiary/aromatic N) is 1. The number of quaternary nitrogens is 1. The average Bonchev–Trinajstić information content (AvgIpc) is 3.79. The molecule has 0 aliphatic carbocycles. The van der Waals surface area contributed by atoms with Gasteiger partial charge in [-0.15, -0.1) is 0 Å². The van der Waals surface area contributed by atoms with Crippen molar-refractivity contribution < 1.29 is 37.8 Å². The van der Waals surface area contributed by atoms with Crippen molar-refractivity contribution in [2.24, 2.45) is 11.8 Å². The van der Waals surface area contributed by atoms with Crippen molar-refractivity contribution in [2.75, 3.05) is 34.0 Å². The number of carbonyl (C=O) groups excluding carboxylic acids is 1. The smallest absolute Gasteiger partial charge is 0.349 e. The van der Waals surface area contributed by atoms with Gasteiger partial charge in [0.25, 0.3) is 5.72 Å². The number of aliphatic carboxylic acids is 1. The number of halogens is 3. The fourth-order valence-corrected chi connectivity index (χ4v) is 7.77. The first kappa shape index (κ1) is 30.2. The van der Waals surface area contributed by atoms with Gasteiger partial charge in [-0.1, -0.05) is 35.3 Å². The second kappa shape index (κ2) is 10.9. The molecule has 0 bridgehead atoms. The van der Waals surface area contributed by atoms with Crippen LogP contribution in [-0.4, -0.2) is 55.4 Å². The van der Waals surface area contributed by atoms with Crippen LogP contribution in [-0.2, 0) is 30.3 Å². The van der Waals surface area contributed by atoms with E-state index in [1.54, 1.807) is 68.6 Å². The number of amides is 1. The molecule has 0 saturated carbocycles. The third kappa shape index (κ3) is 4.45. The Labute approximate surface area is 259 Å². The summed E-state index contributed by atoms with van der Waals surface area (Å²) in [6.45, 7) is 3.16. The van der Waals surface area contributed by atoms with Crippen molar-refractivity contribution in [3.8, 4) is 0 Å². The number of hydrogen-bond donors (Lipinski definition) is 1. The highest BCUT2D eigenvalue weighted by atomic mass is 35.5. The van der Waals surface area contributed by atoms with E-state index in [1.807, 2.05) is 0 Å². The summed E-state index contributed by atoms with van der Waals surface area (Å²) in [5.74, 6) is -3.18. The van der Waals surface area contributed by atoms with Crippen LogP contribution in [0.4, 0.5) is 4.39 Å². The minimum atomic E-state index is -1.76. The van der Waals surface area contributed by atoms with Crippen LogP contribution in [0.5, 0.6) is 0 Å². The maximum Gasteiger partial charge on any atom is 0.349 e. The van der Waals surface area contributed by atoms with Gasteiger partial charge in [0.2, 0.25) is 0 Å². The summed E-state index contributed by atoms with van der Waals surface area (Å²) in [4.78, 5) is 27.7. The first-order valence-electron chi connectivity index (χ1n) is 14.3. The third-order valence-electron chi connectivity index (χ3n) is 9.72. The molecular weight excluding hydrogens is 596 g/mol. The largest absolute Gasteiger partial charge is 0.481 e. The minimum absolute atomic E-state index is 0.0490. The Morgan fingerprint density at radius 2 is 1.63 bits per heavy atom. The lowest BCUT2D eigenvalue weighted by Crippen LogP contribution is -2.63. The summed E-state index contributed by atoms with van der Waals surface area (Å²) in [7, 11) is 3.04. The molecule has 10 heteroatoms. The lowest BCUT2D eigenvalue weighted by molar-refractivity contribution is -0.939. The van der Waals surface area contributed by atoms with Crippen molar-refractivity contribution in [1.82, 2.24) is 0 Å². The van der Waals surface area contributed by atoms with E-state index in [0.717, 1.165) is 12.8 Å². The molecule has 1 amide bonds. The van der Waals surface area contributed by atoms with Gasteiger partial charge in [0.15, 0.2) is 0 Å². The molecule has 0 aromatic heterocycles. The Kier molecular flexibility index (Phi) is 7.68. The first-order valence-corrected chi connectivity index (χ1v) is 15.0. The Morgan fingerprint density at radius 3 is 2.16 bits per heavy atom. The fourth-order valence-electron chi connectivity index (χ4n) is 7.52. The second-order valence-corrected chi connectivity index (χ2v) is 12.7. The van der Waals surface area contributed by atoms with Crippen molar-refractivity contribution in [3.05, 3.63) is 104 Å². The lowest BCUT2D eigenvalue weighted by atomic mass is 9.80. The molecule has 2 saturated heterocycles. The van der Waals surface area contributed by atoms with Crippen LogP contribution in [0.2, 0.25) is 10.0 Å². The van der Waals surface area contributed by atoms with Crippen LogP contribution in [0.25, 0.3) is 0 Å². The van der Waals surface area contributed by atoms with Gasteiger partial charge in [0.05, 0.1) is 24.8 Å². The van der Waals surface area contributed by atoms with Gasteiger partial charge >= 0.3 is 11.9 Å². The molecular formula is C33H33Cl2FNO6+. The molecule has 6 rings (SSSR count). The molecule has 226 valence electrons. The van der Waals surface area contributed by atoms with E-state index < -0.39 is 45.5 Å². The van der Waals surface area contributed by atoms with Gasteiger partial charge in [-0.2, -0.15) is 0 Å². The quantitative estimate of drug-likeness (QED) is 0.221. The Hall–Kier alpha value is -2.85. The maximum absolute atomic E-state index is 16.8. The van der Waals surface area contributed by atoms with Crippen LogP contribution in [0.15, 0.2) is 60.7 Å². The highest BCUT2D eigenvalue weighted by Crippen LogP contribution is 2.58. The van der Waals surface area contributed by atoms with Gasteiger partial charge in [-0.3, -0.25) is 4.79 Å². The van der Waals surface area contributed by atoms with Crippen molar-refractivity contribution >= 4 is 35.1 Å². The molecule has 2 unspecified atom stereocenters. The molecule has 1 N–H and O–H groups in total. The topological polar surface area (TPSA) is 85.4 Å². The summed E-state index contributed by atoms with van der Waals surface area (Å²) in [5, 5.41) is 11.3. The number of carbonyl (C=O) groups is 2. The van der Waals surface area contributed by atoms with Gasteiger partial charge in [-0.25, -0.2) is 13.7 Å². The van der Waals surface area contributed by atoms with Crippen molar-refractivity contribution in [3.63, 3.8) is 0 Å². The molecule has 5 atom stereocenters. The Balaban J connectivity index is 1.63. The summed E-state index contributed by atoms with van der Waals surface area (Å²) >= 11 is 12.5. The molecule has 3 aromatic rings. The number of fused-ring (bicyclic) bond motifs is 1. The van der Waals surface area contributed by atoms with Gasteiger partial charge in [-0.05, 0) is 79.8 Å². The predicted molar refractivity (Wildman–Crippen MR) is 158 cm³/mol. The predicted octanol–water partition coefficient (Wildman–Crippen LogP) is 6.69. The fraction of sp³-hybridized carbons (Fsp3) is 0.394. The molecule has 0 spiro atoms. The maximum atomic E-state index is 16.8. The van der Waals surface area contributed by atoms with E-state index >= 15 is 4.39 Å².